The van der Waals surface area contributed by atoms with Crippen LogP contribution in [0.1, 0.15) is 24.5 Å². The molecule has 0 unspecified atom stereocenters. The number of nitrogens with zero attached hydrogens (tertiary/aromatic N) is 3. The number of hydrogen-bond donors (Lipinski definition) is 1. The Labute approximate surface area is 93.1 Å². The van der Waals surface area contributed by atoms with Gasteiger partial charge in [-0.2, -0.15) is 5.10 Å². The SMILES string of the molecule is COC(=N)Cn1ccn2nc(C3CC3)cc12. The Balaban J connectivity index is 1.94. The first-order chi connectivity index (χ1) is 7.78. The van der Waals surface area contributed by atoms with Gasteiger partial charge in [0, 0.05) is 24.4 Å². The number of aromatic nitrogens is 3. The molecule has 1 aliphatic carbocycles. The van der Waals surface area contributed by atoms with E-state index in [0.717, 1.165) is 5.65 Å². The maximum absolute atomic E-state index is 7.52. The van der Waals surface area contributed by atoms with Gasteiger partial charge in [-0.15, -0.1) is 0 Å². The van der Waals surface area contributed by atoms with Crippen molar-refractivity contribution in [1.82, 2.24) is 14.2 Å². The molecule has 16 heavy (non-hydrogen) atoms. The molecule has 2 aromatic heterocycles. The summed E-state index contributed by atoms with van der Waals surface area (Å²) in [5, 5.41) is 12.0. The Morgan fingerprint density at radius 1 is 1.56 bits per heavy atom. The molecule has 0 amide bonds. The van der Waals surface area contributed by atoms with Crippen molar-refractivity contribution >= 4 is 11.5 Å². The third-order valence-electron chi connectivity index (χ3n) is 2.97. The maximum atomic E-state index is 7.52. The molecule has 0 saturated heterocycles. The van der Waals surface area contributed by atoms with Crippen LogP contribution in [0.3, 0.4) is 0 Å². The average Bonchev–Trinajstić information content (AvgIpc) is 2.95. The standard InChI is InChI=1S/C11H14N4O/c1-16-10(12)7-14-4-5-15-11(14)6-9(13-15)8-2-3-8/h4-6,8,12H,2-3,7H2,1H3. The Morgan fingerprint density at radius 2 is 2.38 bits per heavy atom. The molecular formula is C11H14N4O. The quantitative estimate of drug-likeness (QED) is 0.629. The normalized spacial score (nSPS) is 15.6. The van der Waals surface area contributed by atoms with Crippen LogP contribution in [0.25, 0.3) is 5.65 Å². The van der Waals surface area contributed by atoms with Crippen molar-refractivity contribution in [3.63, 3.8) is 0 Å². The molecule has 0 spiro atoms. The van der Waals surface area contributed by atoms with Crippen LogP contribution in [0.5, 0.6) is 0 Å². The van der Waals surface area contributed by atoms with E-state index in [9.17, 15) is 0 Å². The fourth-order valence-corrected chi connectivity index (χ4v) is 1.88. The summed E-state index contributed by atoms with van der Waals surface area (Å²) in [6.07, 6.45) is 6.36. The molecule has 1 N–H and O–H groups in total. The first-order valence-electron chi connectivity index (χ1n) is 5.44. The van der Waals surface area contributed by atoms with Crippen LogP contribution in [0.2, 0.25) is 0 Å². The molecular weight excluding hydrogens is 204 g/mol. The van der Waals surface area contributed by atoms with Gasteiger partial charge in [0.05, 0.1) is 19.3 Å². The summed E-state index contributed by atoms with van der Waals surface area (Å²) in [5.41, 5.74) is 2.21. The molecule has 0 radical (unpaired) electrons. The number of ether oxygens (including phenoxy) is 1. The lowest BCUT2D eigenvalue weighted by molar-refractivity contribution is 0.382. The van der Waals surface area contributed by atoms with E-state index < -0.39 is 0 Å². The summed E-state index contributed by atoms with van der Waals surface area (Å²) in [4.78, 5) is 0. The Morgan fingerprint density at radius 3 is 3.06 bits per heavy atom. The van der Waals surface area contributed by atoms with Crippen LogP contribution < -0.4 is 0 Å². The minimum Gasteiger partial charge on any atom is -0.483 e. The van der Waals surface area contributed by atoms with E-state index in [4.69, 9.17) is 10.1 Å². The molecule has 5 heteroatoms. The number of fused-ring (bicyclic) bond motifs is 1. The zero-order valence-electron chi connectivity index (χ0n) is 9.18. The van der Waals surface area contributed by atoms with E-state index in [2.05, 4.69) is 11.2 Å². The van der Waals surface area contributed by atoms with Gasteiger partial charge < -0.3 is 9.30 Å². The van der Waals surface area contributed by atoms with Crippen LogP contribution in [-0.4, -0.2) is 27.2 Å². The van der Waals surface area contributed by atoms with Crippen molar-refractivity contribution in [2.45, 2.75) is 25.3 Å². The van der Waals surface area contributed by atoms with Crippen LogP contribution in [0.15, 0.2) is 18.5 Å². The van der Waals surface area contributed by atoms with Crippen LogP contribution >= 0.6 is 0 Å². The topological polar surface area (TPSA) is 55.3 Å². The summed E-state index contributed by atoms with van der Waals surface area (Å²) in [6.45, 7) is 0.461. The molecule has 0 bridgehead atoms. The highest BCUT2D eigenvalue weighted by Gasteiger charge is 2.26. The lowest BCUT2D eigenvalue weighted by Crippen LogP contribution is -2.09. The Kier molecular flexibility index (Phi) is 1.99. The zero-order valence-corrected chi connectivity index (χ0v) is 9.18. The van der Waals surface area contributed by atoms with Gasteiger partial charge in [-0.25, -0.2) is 4.52 Å². The monoisotopic (exact) mass is 218 g/mol. The van der Waals surface area contributed by atoms with Gasteiger partial charge in [-0.1, -0.05) is 0 Å². The Hall–Kier alpha value is -1.78. The van der Waals surface area contributed by atoms with Crippen LogP contribution in [0.4, 0.5) is 0 Å². The summed E-state index contributed by atoms with van der Waals surface area (Å²) in [6, 6.07) is 2.11. The third kappa shape index (κ3) is 1.48. The lowest BCUT2D eigenvalue weighted by atomic mass is 10.3. The van der Waals surface area contributed by atoms with Crippen molar-refractivity contribution in [1.29, 1.82) is 5.41 Å². The van der Waals surface area contributed by atoms with Crippen molar-refractivity contribution < 1.29 is 4.74 Å². The maximum Gasteiger partial charge on any atom is 0.200 e. The average molecular weight is 218 g/mol. The number of nitrogens with one attached hydrogen (secondary N) is 1. The second-order valence-corrected chi connectivity index (χ2v) is 4.20. The third-order valence-corrected chi connectivity index (χ3v) is 2.97. The predicted octanol–water partition coefficient (Wildman–Crippen LogP) is 1.64. The number of methoxy groups -OCH3 is 1. The second kappa shape index (κ2) is 3.37. The molecule has 3 rings (SSSR count). The smallest absolute Gasteiger partial charge is 0.200 e. The number of rotatable bonds is 3. The van der Waals surface area contributed by atoms with Gasteiger partial charge in [0.25, 0.3) is 0 Å². The first-order valence-corrected chi connectivity index (χ1v) is 5.44. The van der Waals surface area contributed by atoms with Crippen LogP contribution in [-0.2, 0) is 11.3 Å². The van der Waals surface area contributed by atoms with Gasteiger partial charge in [0.2, 0.25) is 5.90 Å². The second-order valence-electron chi connectivity index (χ2n) is 4.20. The summed E-state index contributed by atoms with van der Waals surface area (Å²) in [7, 11) is 1.52. The minimum absolute atomic E-state index is 0.257. The van der Waals surface area contributed by atoms with E-state index >= 15 is 0 Å². The fourth-order valence-electron chi connectivity index (χ4n) is 1.88. The molecule has 5 nitrogen and oxygen atoms in total. The first kappa shape index (κ1) is 9.45. The highest BCUT2D eigenvalue weighted by Crippen LogP contribution is 2.39. The summed E-state index contributed by atoms with van der Waals surface area (Å²) < 4.78 is 8.72. The van der Waals surface area contributed by atoms with Gasteiger partial charge in [0.1, 0.15) is 5.65 Å². The molecule has 1 aliphatic rings. The van der Waals surface area contributed by atoms with Crippen LogP contribution in [0, 0.1) is 5.41 Å². The summed E-state index contributed by atoms with van der Waals surface area (Å²) in [5.74, 6) is 0.919. The fraction of sp³-hybridized carbons (Fsp3) is 0.455. The van der Waals surface area contributed by atoms with Gasteiger partial charge in [-0.05, 0) is 12.8 Å². The van der Waals surface area contributed by atoms with Crippen molar-refractivity contribution in [2.24, 2.45) is 0 Å². The highest BCUT2D eigenvalue weighted by atomic mass is 16.5. The minimum atomic E-state index is 0.257. The van der Waals surface area contributed by atoms with Gasteiger partial charge >= 0.3 is 0 Å². The molecule has 1 fully saturated rings. The molecule has 0 aliphatic heterocycles. The summed E-state index contributed by atoms with van der Waals surface area (Å²) >= 11 is 0. The van der Waals surface area contributed by atoms with E-state index in [1.165, 1.54) is 25.6 Å². The molecule has 84 valence electrons. The molecule has 0 atom stereocenters. The van der Waals surface area contributed by atoms with E-state index in [1.807, 2.05) is 21.5 Å². The largest absolute Gasteiger partial charge is 0.483 e. The zero-order chi connectivity index (χ0) is 11.1. The predicted molar refractivity (Wildman–Crippen MR) is 59.9 cm³/mol. The molecule has 0 aromatic carbocycles. The molecule has 1 saturated carbocycles. The van der Waals surface area contributed by atoms with E-state index in [1.54, 1.807) is 0 Å². The van der Waals surface area contributed by atoms with Crippen molar-refractivity contribution in [2.75, 3.05) is 7.11 Å². The Bertz CT molecular complexity index is 535. The molecule has 2 aromatic rings. The number of imidazole rings is 1. The van der Waals surface area contributed by atoms with Crippen molar-refractivity contribution in [3.05, 3.63) is 24.2 Å². The van der Waals surface area contributed by atoms with E-state index in [-0.39, 0.29) is 5.90 Å². The highest BCUT2D eigenvalue weighted by molar-refractivity contribution is 5.73. The number of hydrogen-bond acceptors (Lipinski definition) is 3. The van der Waals surface area contributed by atoms with Gasteiger partial charge in [-0.3, -0.25) is 5.41 Å². The lowest BCUT2D eigenvalue weighted by Gasteiger charge is -2.03. The van der Waals surface area contributed by atoms with Crippen molar-refractivity contribution in [3.8, 4) is 0 Å². The molecule has 2 heterocycles. The van der Waals surface area contributed by atoms with Gasteiger partial charge in [0.15, 0.2) is 0 Å². The van der Waals surface area contributed by atoms with E-state index in [0.29, 0.717) is 12.5 Å².